The number of carbonyl (C=O) groups excluding carboxylic acids is 3. The Balaban J connectivity index is 1.89. The van der Waals surface area contributed by atoms with Gasteiger partial charge in [0.2, 0.25) is 17.7 Å². The fourth-order valence-electron chi connectivity index (χ4n) is 4.18. The summed E-state index contributed by atoms with van der Waals surface area (Å²) in [7, 11) is 0. The highest BCUT2D eigenvalue weighted by molar-refractivity contribution is 6.09. The van der Waals surface area contributed by atoms with Crippen LogP contribution < -0.4 is 5.32 Å². The van der Waals surface area contributed by atoms with Crippen LogP contribution in [0.4, 0.5) is 0 Å². The van der Waals surface area contributed by atoms with Crippen LogP contribution in [0.25, 0.3) is 0 Å². The maximum absolute atomic E-state index is 12.7. The number of hydrogen-bond acceptors (Lipinski definition) is 3. The largest absolute Gasteiger partial charge is 0.355 e. The Labute approximate surface area is 124 Å². The van der Waals surface area contributed by atoms with E-state index in [1.165, 1.54) is 4.90 Å². The molecule has 5 nitrogen and oxygen atoms in total. The third kappa shape index (κ3) is 2.01. The minimum absolute atomic E-state index is 0.137. The second-order valence-electron chi connectivity index (χ2n) is 6.21. The van der Waals surface area contributed by atoms with Crippen LogP contribution in [0.3, 0.4) is 0 Å². The van der Waals surface area contributed by atoms with Gasteiger partial charge in [0.05, 0.1) is 11.8 Å². The minimum atomic E-state index is -0.657. The van der Waals surface area contributed by atoms with E-state index < -0.39 is 6.04 Å². The van der Waals surface area contributed by atoms with Crippen LogP contribution in [0.5, 0.6) is 0 Å². The molecule has 4 rings (SSSR count). The second-order valence-corrected chi connectivity index (χ2v) is 6.21. The van der Waals surface area contributed by atoms with Crippen molar-refractivity contribution in [1.82, 2.24) is 10.2 Å². The second kappa shape index (κ2) is 5.28. The first kappa shape index (κ1) is 14.3. The Kier molecular flexibility index (Phi) is 3.59. The summed E-state index contributed by atoms with van der Waals surface area (Å²) >= 11 is 0. The van der Waals surface area contributed by atoms with Crippen LogP contribution in [0.1, 0.15) is 33.1 Å². The lowest BCUT2D eigenvalue weighted by Crippen LogP contribution is -2.49. The molecule has 1 saturated carbocycles. The normalized spacial score (nSPS) is 35.0. The van der Waals surface area contributed by atoms with Crippen LogP contribution in [0, 0.1) is 23.7 Å². The van der Waals surface area contributed by atoms with Crippen molar-refractivity contribution in [3.8, 4) is 0 Å². The van der Waals surface area contributed by atoms with Crippen molar-refractivity contribution >= 4 is 17.7 Å². The third-order valence-electron chi connectivity index (χ3n) is 5.15. The molecule has 1 N–H and O–H groups in total. The van der Waals surface area contributed by atoms with Gasteiger partial charge in [-0.05, 0) is 38.0 Å². The summed E-state index contributed by atoms with van der Waals surface area (Å²) in [4.78, 5) is 38.9. The Morgan fingerprint density at radius 3 is 2.10 bits per heavy atom. The molecule has 2 bridgehead atoms. The van der Waals surface area contributed by atoms with E-state index in [1.54, 1.807) is 0 Å². The highest BCUT2D eigenvalue weighted by atomic mass is 16.2. The number of likely N-dealkylation sites (tertiary alicyclic amines) is 1. The molecule has 21 heavy (non-hydrogen) atoms. The highest BCUT2D eigenvalue weighted by Crippen LogP contribution is 2.50. The number of amides is 3. The molecule has 5 atom stereocenters. The SMILES string of the molecule is CCNC(=O)[C@H](CC)N1C(=O)[C@@H]2[C@H](C1=O)[C@H]1C=C[C@H]2CC1. The predicted octanol–water partition coefficient (Wildman–Crippen LogP) is 1.10. The molecule has 0 radical (unpaired) electrons. The molecule has 1 aliphatic heterocycles. The summed E-state index contributed by atoms with van der Waals surface area (Å²) in [6.45, 7) is 4.18. The molecule has 5 heteroatoms. The molecule has 2 fully saturated rings. The summed E-state index contributed by atoms with van der Waals surface area (Å²) in [5, 5.41) is 2.73. The maximum atomic E-state index is 12.7. The van der Waals surface area contributed by atoms with Gasteiger partial charge >= 0.3 is 0 Å². The number of imide groups is 1. The molecule has 0 spiro atoms. The number of rotatable bonds is 4. The number of hydrogen-bond donors (Lipinski definition) is 1. The smallest absolute Gasteiger partial charge is 0.243 e. The van der Waals surface area contributed by atoms with Crippen molar-refractivity contribution in [3.05, 3.63) is 12.2 Å². The summed E-state index contributed by atoms with van der Waals surface area (Å²) in [5.41, 5.74) is 0. The van der Waals surface area contributed by atoms with E-state index in [-0.39, 0.29) is 41.4 Å². The van der Waals surface area contributed by atoms with Crippen LogP contribution in [0.15, 0.2) is 12.2 Å². The zero-order chi connectivity index (χ0) is 15.1. The molecule has 4 aliphatic rings. The third-order valence-corrected chi connectivity index (χ3v) is 5.15. The molecule has 3 amide bonds. The lowest BCUT2D eigenvalue weighted by atomic mass is 9.63. The number of likely N-dealkylation sites (N-methyl/N-ethyl adjacent to an activating group) is 1. The van der Waals surface area contributed by atoms with Gasteiger partial charge in [-0.1, -0.05) is 19.1 Å². The van der Waals surface area contributed by atoms with E-state index in [0.717, 1.165) is 12.8 Å². The first-order valence-corrected chi connectivity index (χ1v) is 7.93. The van der Waals surface area contributed by atoms with Crippen LogP contribution in [-0.4, -0.2) is 35.2 Å². The van der Waals surface area contributed by atoms with Gasteiger partial charge in [-0.2, -0.15) is 0 Å². The fourth-order valence-corrected chi connectivity index (χ4v) is 4.18. The van der Waals surface area contributed by atoms with Crippen molar-refractivity contribution < 1.29 is 14.4 Å². The van der Waals surface area contributed by atoms with Gasteiger partial charge in [0.25, 0.3) is 0 Å². The number of carbonyl (C=O) groups is 3. The van der Waals surface area contributed by atoms with Crippen molar-refractivity contribution in [2.75, 3.05) is 6.54 Å². The van der Waals surface area contributed by atoms with E-state index in [2.05, 4.69) is 17.5 Å². The van der Waals surface area contributed by atoms with Gasteiger partial charge in [-0.25, -0.2) is 0 Å². The van der Waals surface area contributed by atoms with Gasteiger partial charge in [0.1, 0.15) is 6.04 Å². The van der Waals surface area contributed by atoms with E-state index >= 15 is 0 Å². The van der Waals surface area contributed by atoms with Gasteiger partial charge in [0, 0.05) is 6.54 Å². The Morgan fingerprint density at radius 1 is 1.19 bits per heavy atom. The van der Waals surface area contributed by atoms with Crippen LogP contribution in [0.2, 0.25) is 0 Å². The Hall–Kier alpha value is -1.65. The van der Waals surface area contributed by atoms with E-state index in [9.17, 15) is 14.4 Å². The van der Waals surface area contributed by atoms with Crippen LogP contribution in [-0.2, 0) is 14.4 Å². The Bertz CT molecular complexity index is 482. The summed E-state index contributed by atoms with van der Waals surface area (Å²) < 4.78 is 0. The predicted molar refractivity (Wildman–Crippen MR) is 76.9 cm³/mol. The zero-order valence-electron chi connectivity index (χ0n) is 12.5. The van der Waals surface area contributed by atoms with Crippen molar-refractivity contribution in [1.29, 1.82) is 0 Å². The summed E-state index contributed by atoms with van der Waals surface area (Å²) in [5.74, 6) is -0.610. The minimum Gasteiger partial charge on any atom is -0.355 e. The zero-order valence-corrected chi connectivity index (χ0v) is 12.5. The highest BCUT2D eigenvalue weighted by Gasteiger charge is 2.58. The van der Waals surface area contributed by atoms with E-state index in [4.69, 9.17) is 0 Å². The number of nitrogens with zero attached hydrogens (tertiary/aromatic N) is 1. The molecule has 3 aliphatic carbocycles. The maximum Gasteiger partial charge on any atom is 0.243 e. The molecule has 1 saturated heterocycles. The first-order valence-electron chi connectivity index (χ1n) is 7.93. The molecule has 0 aromatic carbocycles. The number of fused-ring (bicyclic) bond motifs is 1. The number of nitrogens with one attached hydrogen (secondary N) is 1. The van der Waals surface area contributed by atoms with Crippen molar-refractivity contribution in [2.45, 2.75) is 39.2 Å². The quantitative estimate of drug-likeness (QED) is 0.623. The molecule has 0 aromatic heterocycles. The fraction of sp³-hybridized carbons (Fsp3) is 0.688. The Morgan fingerprint density at radius 2 is 1.71 bits per heavy atom. The van der Waals surface area contributed by atoms with Crippen molar-refractivity contribution in [2.24, 2.45) is 23.7 Å². The van der Waals surface area contributed by atoms with Crippen molar-refractivity contribution in [3.63, 3.8) is 0 Å². The van der Waals surface area contributed by atoms with E-state index in [1.807, 2.05) is 13.8 Å². The standard InChI is InChI=1S/C16H22N2O3/c1-3-11(14(19)17-4-2)18-15(20)12-9-5-6-10(8-7-9)13(12)16(18)21/h5-6,9-13H,3-4,7-8H2,1-2H3,(H,17,19)/t9-,10-,11-,12-,13+/m0/s1. The summed E-state index contributed by atoms with van der Waals surface area (Å²) in [6, 6.07) is -0.657. The lowest BCUT2D eigenvalue weighted by Gasteiger charge is -2.38. The molecule has 114 valence electrons. The van der Waals surface area contributed by atoms with Gasteiger partial charge < -0.3 is 5.32 Å². The molecular formula is C16H22N2O3. The first-order chi connectivity index (χ1) is 10.1. The average Bonchev–Trinajstić information content (AvgIpc) is 2.77. The lowest BCUT2D eigenvalue weighted by molar-refractivity contribution is -0.148. The van der Waals surface area contributed by atoms with Gasteiger partial charge in [-0.15, -0.1) is 0 Å². The molecular weight excluding hydrogens is 268 g/mol. The molecule has 0 unspecified atom stereocenters. The van der Waals surface area contributed by atoms with E-state index in [0.29, 0.717) is 13.0 Å². The molecule has 1 heterocycles. The monoisotopic (exact) mass is 290 g/mol. The molecule has 0 aromatic rings. The number of allylic oxidation sites excluding steroid dienone is 2. The van der Waals surface area contributed by atoms with Crippen LogP contribution >= 0.6 is 0 Å². The van der Waals surface area contributed by atoms with Gasteiger partial charge in [0.15, 0.2) is 0 Å². The average molecular weight is 290 g/mol. The summed E-state index contributed by atoms with van der Waals surface area (Å²) in [6.07, 6.45) is 6.61. The van der Waals surface area contributed by atoms with Gasteiger partial charge in [-0.3, -0.25) is 19.3 Å². The topological polar surface area (TPSA) is 66.5 Å².